The first-order valence-corrected chi connectivity index (χ1v) is 12.7. The highest BCUT2D eigenvalue weighted by Crippen LogP contribution is 2.32. The van der Waals surface area contributed by atoms with Crippen molar-refractivity contribution >= 4 is 23.2 Å². The first-order chi connectivity index (χ1) is 17.3. The van der Waals surface area contributed by atoms with Gasteiger partial charge in [-0.3, -0.25) is 9.59 Å². The molecule has 1 fully saturated rings. The summed E-state index contributed by atoms with van der Waals surface area (Å²) in [5.41, 5.74) is 8.56. The number of rotatable bonds is 10. The van der Waals surface area contributed by atoms with Crippen molar-refractivity contribution in [3.8, 4) is 11.5 Å². The molecular weight excluding hydrogens is 456 g/mol. The topological polar surface area (TPSA) is 88.3 Å². The van der Waals surface area contributed by atoms with Gasteiger partial charge in [0.2, 0.25) is 5.91 Å². The third-order valence-corrected chi connectivity index (χ3v) is 6.66. The highest BCUT2D eigenvalue weighted by atomic mass is 16.5. The Kier molecular flexibility index (Phi) is 9.99. The van der Waals surface area contributed by atoms with Crippen LogP contribution in [0.3, 0.4) is 0 Å². The fraction of sp³-hybridized carbons (Fsp3) is 0.500. The second kappa shape index (κ2) is 13.2. The molecule has 0 atom stereocenters. The van der Waals surface area contributed by atoms with Gasteiger partial charge in [-0.1, -0.05) is 12.1 Å². The normalized spacial score (nSPS) is 14.3. The first-order valence-electron chi connectivity index (χ1n) is 12.7. The highest BCUT2D eigenvalue weighted by molar-refractivity contribution is 6.10. The van der Waals surface area contributed by atoms with Crippen LogP contribution in [0.4, 0.5) is 11.4 Å². The number of hydrogen-bond donors (Lipinski definition) is 1. The van der Waals surface area contributed by atoms with Crippen LogP contribution in [-0.2, 0) is 4.79 Å². The van der Waals surface area contributed by atoms with E-state index in [4.69, 9.17) is 15.2 Å². The molecule has 1 aliphatic heterocycles. The molecule has 0 aliphatic carbocycles. The van der Waals surface area contributed by atoms with E-state index in [1.165, 1.54) is 7.11 Å². The Morgan fingerprint density at radius 1 is 1.03 bits per heavy atom. The second-order valence-electron chi connectivity index (χ2n) is 9.45. The smallest absolute Gasteiger partial charge is 0.260 e. The maximum absolute atomic E-state index is 13.2. The van der Waals surface area contributed by atoms with E-state index in [0.717, 1.165) is 57.4 Å². The maximum Gasteiger partial charge on any atom is 0.260 e. The minimum absolute atomic E-state index is 0.238. The molecule has 196 valence electrons. The summed E-state index contributed by atoms with van der Waals surface area (Å²) in [5.74, 6) is 1.14. The molecule has 8 nitrogen and oxygen atoms in total. The molecular formula is C28H40N4O4. The molecule has 8 heteroatoms. The molecule has 0 spiro atoms. The monoisotopic (exact) mass is 496 g/mol. The van der Waals surface area contributed by atoms with Gasteiger partial charge < -0.3 is 29.9 Å². The van der Waals surface area contributed by atoms with Crippen LogP contribution in [0, 0.1) is 6.92 Å². The number of unbranched alkanes of at least 4 members (excludes halogenated alkanes) is 2. The molecule has 0 bridgehead atoms. The number of nitrogen functional groups attached to an aromatic ring is 1. The highest BCUT2D eigenvalue weighted by Gasteiger charge is 2.21. The molecule has 1 heterocycles. The number of hydrogen-bond acceptors (Lipinski definition) is 6. The Morgan fingerprint density at radius 2 is 1.83 bits per heavy atom. The molecule has 0 radical (unpaired) electrons. The van der Waals surface area contributed by atoms with E-state index in [1.807, 2.05) is 30.0 Å². The average molecular weight is 497 g/mol. The van der Waals surface area contributed by atoms with Crippen LogP contribution in [0.2, 0.25) is 0 Å². The Balaban J connectivity index is 1.52. The van der Waals surface area contributed by atoms with Gasteiger partial charge in [-0.05, 0) is 76.0 Å². The van der Waals surface area contributed by atoms with Gasteiger partial charge >= 0.3 is 0 Å². The molecule has 2 aromatic rings. The SMILES string of the molecule is COc1cccc(C(=O)N(C)c2ccc(C)cc2OCCCCCC(=O)N2CCCN(C)CC2)c1N. The lowest BCUT2D eigenvalue weighted by atomic mass is 10.1. The minimum atomic E-state index is -0.238. The number of carbonyl (C=O) groups excluding carboxylic acids is 2. The number of nitrogens with two attached hydrogens (primary N) is 1. The van der Waals surface area contributed by atoms with Crippen LogP contribution in [-0.4, -0.2) is 75.6 Å². The van der Waals surface area contributed by atoms with Gasteiger partial charge in [0, 0.05) is 33.1 Å². The minimum Gasteiger partial charge on any atom is -0.495 e. The Morgan fingerprint density at radius 3 is 2.61 bits per heavy atom. The van der Waals surface area contributed by atoms with E-state index in [1.54, 1.807) is 30.1 Å². The largest absolute Gasteiger partial charge is 0.495 e. The molecule has 2 N–H and O–H groups in total. The maximum atomic E-state index is 13.2. The zero-order chi connectivity index (χ0) is 26.1. The lowest BCUT2D eigenvalue weighted by Gasteiger charge is -2.22. The molecule has 2 amide bonds. The van der Waals surface area contributed by atoms with Crippen molar-refractivity contribution in [1.82, 2.24) is 9.80 Å². The van der Waals surface area contributed by atoms with Crippen molar-refractivity contribution in [2.45, 2.75) is 39.0 Å². The predicted octanol–water partition coefficient (Wildman–Crippen LogP) is 3.97. The van der Waals surface area contributed by atoms with Crippen LogP contribution in [0.5, 0.6) is 11.5 Å². The zero-order valence-corrected chi connectivity index (χ0v) is 22.1. The molecule has 1 aliphatic rings. The average Bonchev–Trinajstić information content (AvgIpc) is 3.09. The van der Waals surface area contributed by atoms with Crippen molar-refractivity contribution in [3.63, 3.8) is 0 Å². The van der Waals surface area contributed by atoms with Crippen LogP contribution < -0.4 is 20.1 Å². The number of ether oxygens (including phenoxy) is 2. The molecule has 36 heavy (non-hydrogen) atoms. The molecule has 3 rings (SSSR count). The number of para-hydroxylation sites is 1. The third-order valence-electron chi connectivity index (χ3n) is 6.66. The van der Waals surface area contributed by atoms with Gasteiger partial charge in [-0.15, -0.1) is 0 Å². The van der Waals surface area contributed by atoms with Crippen LogP contribution in [0.25, 0.3) is 0 Å². The number of methoxy groups -OCH3 is 1. The summed E-state index contributed by atoms with van der Waals surface area (Å²) in [5, 5.41) is 0. The van der Waals surface area contributed by atoms with Crippen LogP contribution in [0.15, 0.2) is 36.4 Å². The van der Waals surface area contributed by atoms with E-state index >= 15 is 0 Å². The van der Waals surface area contributed by atoms with Crippen LogP contribution in [0.1, 0.15) is 48.0 Å². The Bertz CT molecular complexity index is 1040. The molecule has 0 aromatic heterocycles. The fourth-order valence-electron chi connectivity index (χ4n) is 4.40. The van der Waals surface area contributed by atoms with E-state index < -0.39 is 0 Å². The van der Waals surface area contributed by atoms with Gasteiger partial charge in [0.15, 0.2) is 0 Å². The van der Waals surface area contributed by atoms with Crippen molar-refractivity contribution in [3.05, 3.63) is 47.5 Å². The second-order valence-corrected chi connectivity index (χ2v) is 9.45. The van der Waals surface area contributed by atoms with Crippen LogP contribution >= 0.6 is 0 Å². The quantitative estimate of drug-likeness (QED) is 0.396. The number of likely N-dealkylation sites (N-methyl/N-ethyl adjacent to an activating group) is 1. The molecule has 1 saturated heterocycles. The Labute approximate surface area is 214 Å². The van der Waals surface area contributed by atoms with Gasteiger partial charge in [0.25, 0.3) is 5.91 Å². The predicted molar refractivity (Wildman–Crippen MR) is 144 cm³/mol. The summed E-state index contributed by atoms with van der Waals surface area (Å²) >= 11 is 0. The summed E-state index contributed by atoms with van der Waals surface area (Å²) in [4.78, 5) is 31.6. The molecule has 0 unspecified atom stereocenters. The number of amides is 2. The zero-order valence-electron chi connectivity index (χ0n) is 22.1. The van der Waals surface area contributed by atoms with E-state index in [2.05, 4.69) is 11.9 Å². The summed E-state index contributed by atoms with van der Waals surface area (Å²) in [7, 11) is 5.35. The summed E-state index contributed by atoms with van der Waals surface area (Å²) in [6.07, 6.45) is 4.22. The number of nitrogens with zero attached hydrogens (tertiary/aromatic N) is 3. The summed E-state index contributed by atoms with van der Waals surface area (Å²) in [6, 6.07) is 10.9. The summed E-state index contributed by atoms with van der Waals surface area (Å²) in [6.45, 7) is 6.18. The van der Waals surface area contributed by atoms with Crippen molar-refractivity contribution in [2.24, 2.45) is 0 Å². The van der Waals surface area contributed by atoms with Gasteiger partial charge in [-0.25, -0.2) is 0 Å². The Hall–Kier alpha value is -3.26. The van der Waals surface area contributed by atoms with E-state index in [9.17, 15) is 9.59 Å². The number of anilines is 2. The van der Waals surface area contributed by atoms with E-state index in [0.29, 0.717) is 41.5 Å². The van der Waals surface area contributed by atoms with Gasteiger partial charge in [0.1, 0.15) is 11.5 Å². The lowest BCUT2D eigenvalue weighted by Crippen LogP contribution is -2.34. The van der Waals surface area contributed by atoms with Gasteiger partial charge in [-0.2, -0.15) is 0 Å². The van der Waals surface area contributed by atoms with E-state index in [-0.39, 0.29) is 11.8 Å². The standard InChI is InChI=1S/C28H40N4O4/c1-21-13-14-23(31(3)28(34)22-10-8-11-24(35-4)27(22)29)25(20-21)36-19-7-5-6-12-26(33)32-16-9-15-30(2)17-18-32/h8,10-11,13-14,20H,5-7,9,12,15-19,29H2,1-4H3. The first kappa shape index (κ1) is 27.3. The summed E-state index contributed by atoms with van der Waals surface area (Å²) < 4.78 is 11.4. The number of benzene rings is 2. The number of carbonyl (C=O) groups is 2. The lowest BCUT2D eigenvalue weighted by molar-refractivity contribution is -0.131. The fourth-order valence-corrected chi connectivity index (χ4v) is 4.40. The number of aryl methyl sites for hydroxylation is 1. The molecule has 0 saturated carbocycles. The third kappa shape index (κ3) is 7.13. The van der Waals surface area contributed by atoms with Crippen molar-refractivity contribution in [2.75, 3.05) is 64.6 Å². The van der Waals surface area contributed by atoms with Crippen molar-refractivity contribution in [1.29, 1.82) is 0 Å². The van der Waals surface area contributed by atoms with Crippen molar-refractivity contribution < 1.29 is 19.1 Å². The molecule has 2 aromatic carbocycles. The van der Waals surface area contributed by atoms with Gasteiger partial charge in [0.05, 0.1) is 30.7 Å².